The van der Waals surface area contributed by atoms with Gasteiger partial charge in [0.1, 0.15) is 5.82 Å². The molecule has 0 aliphatic carbocycles. The minimum Gasteiger partial charge on any atom is -0.340 e. The molecule has 2 heteroatoms. The first-order valence-corrected chi connectivity index (χ1v) is 4.26. The molecule has 0 spiro atoms. The third kappa shape index (κ3) is 0.920. The molecule has 0 radical (unpaired) electrons. The Morgan fingerprint density at radius 2 is 2.00 bits per heavy atom. The van der Waals surface area contributed by atoms with Crippen LogP contribution in [0.1, 0.15) is 0 Å². The van der Waals surface area contributed by atoms with E-state index in [-0.39, 0.29) is 0 Å². The van der Waals surface area contributed by atoms with Crippen LogP contribution >= 0.6 is 0 Å². The highest BCUT2D eigenvalue weighted by molar-refractivity contribution is 5.85. The Labute approximate surface area is 76.3 Å². The van der Waals surface area contributed by atoms with Crippen LogP contribution in [-0.2, 0) is 0 Å². The van der Waals surface area contributed by atoms with Crippen molar-refractivity contribution < 1.29 is 0 Å². The molecule has 62 valence electrons. The predicted octanol–water partition coefficient (Wildman–Crippen LogP) is 2.81. The van der Waals surface area contributed by atoms with Crippen molar-refractivity contribution in [2.24, 2.45) is 0 Å². The fourth-order valence-corrected chi connectivity index (χ4v) is 1.65. The number of pyridine rings is 1. The lowest BCUT2D eigenvalue weighted by Crippen LogP contribution is -2.00. The number of nitrogens with zero attached hydrogens (tertiary/aromatic N) is 1. The molecule has 0 fully saturated rings. The molecule has 2 aromatic rings. The Hall–Kier alpha value is -1.83. The van der Waals surface area contributed by atoms with Crippen molar-refractivity contribution in [3.63, 3.8) is 0 Å². The summed E-state index contributed by atoms with van der Waals surface area (Å²) in [5.74, 6) is 0.927. The fourth-order valence-electron chi connectivity index (χ4n) is 1.65. The van der Waals surface area contributed by atoms with Gasteiger partial charge in [-0.05, 0) is 23.8 Å². The molecule has 1 aliphatic rings. The van der Waals surface area contributed by atoms with Gasteiger partial charge in [-0.25, -0.2) is 4.98 Å². The number of benzene rings is 1. The second-order valence-corrected chi connectivity index (χ2v) is 3.10. The molecule has 0 saturated heterocycles. The number of hydrogen-bond acceptors (Lipinski definition) is 2. The van der Waals surface area contributed by atoms with Gasteiger partial charge in [0.05, 0.1) is 0 Å². The molecule has 3 rings (SSSR count). The number of nitrogens with one attached hydrogen (secondary N) is 1. The largest absolute Gasteiger partial charge is 0.340 e. The highest BCUT2D eigenvalue weighted by Crippen LogP contribution is 2.34. The van der Waals surface area contributed by atoms with Gasteiger partial charge in [-0.15, -0.1) is 0 Å². The zero-order valence-corrected chi connectivity index (χ0v) is 6.99. The Kier molecular flexibility index (Phi) is 1.19. The van der Waals surface area contributed by atoms with E-state index in [2.05, 4.69) is 28.5 Å². The first kappa shape index (κ1) is 6.66. The van der Waals surface area contributed by atoms with Crippen molar-refractivity contribution in [1.29, 1.82) is 0 Å². The van der Waals surface area contributed by atoms with Gasteiger partial charge < -0.3 is 5.32 Å². The maximum absolute atomic E-state index is 4.20. The van der Waals surface area contributed by atoms with E-state index in [1.165, 1.54) is 11.1 Å². The molecule has 2 heterocycles. The smallest absolute Gasteiger partial charge is 0.130 e. The molecular formula is C11H8N2. The lowest BCUT2D eigenvalue weighted by atomic mass is 10.0. The number of anilines is 2. The summed E-state index contributed by atoms with van der Waals surface area (Å²) in [4.78, 5) is 4.20. The van der Waals surface area contributed by atoms with Crippen LogP contribution in [0.4, 0.5) is 11.5 Å². The molecule has 1 N–H and O–H groups in total. The molecule has 0 atom stereocenters. The van der Waals surface area contributed by atoms with Crippen molar-refractivity contribution in [1.82, 2.24) is 4.98 Å². The molecule has 1 aliphatic heterocycles. The van der Waals surface area contributed by atoms with Crippen molar-refractivity contribution in [3.05, 3.63) is 42.6 Å². The zero-order valence-electron chi connectivity index (χ0n) is 6.99. The van der Waals surface area contributed by atoms with Crippen LogP contribution in [0.5, 0.6) is 0 Å². The Morgan fingerprint density at radius 3 is 3.00 bits per heavy atom. The summed E-state index contributed by atoms with van der Waals surface area (Å²) in [6.45, 7) is 0. The Bertz CT molecular complexity index is 463. The van der Waals surface area contributed by atoms with E-state index < -0.39 is 0 Å². The quantitative estimate of drug-likeness (QED) is 0.558. The standard InChI is InChI=1S/C11H8N2/c1-2-4-10-9(3-1)8-5-6-12-11(7-8)13-10/h1-7H,(H,12,13). The van der Waals surface area contributed by atoms with Gasteiger partial charge in [-0.1, -0.05) is 18.2 Å². The molecule has 1 aromatic carbocycles. The highest BCUT2D eigenvalue weighted by Gasteiger charge is 2.10. The lowest BCUT2D eigenvalue weighted by Gasteiger charge is -2.17. The summed E-state index contributed by atoms with van der Waals surface area (Å²) in [5, 5.41) is 3.25. The third-order valence-corrected chi connectivity index (χ3v) is 2.26. The zero-order chi connectivity index (χ0) is 8.67. The van der Waals surface area contributed by atoms with Gasteiger partial charge in [0.15, 0.2) is 0 Å². The summed E-state index contributed by atoms with van der Waals surface area (Å²) in [5.41, 5.74) is 3.62. The Balaban J connectivity index is 2.34. The van der Waals surface area contributed by atoms with E-state index in [4.69, 9.17) is 0 Å². The second kappa shape index (κ2) is 2.33. The fraction of sp³-hybridized carbons (Fsp3) is 0. The van der Waals surface area contributed by atoms with Crippen LogP contribution in [0.2, 0.25) is 0 Å². The van der Waals surface area contributed by atoms with Crippen LogP contribution < -0.4 is 5.32 Å². The molecule has 1 aromatic heterocycles. The van der Waals surface area contributed by atoms with E-state index in [9.17, 15) is 0 Å². The number of fused-ring (bicyclic) bond motifs is 4. The van der Waals surface area contributed by atoms with E-state index in [1.807, 2.05) is 24.4 Å². The van der Waals surface area contributed by atoms with E-state index in [0.717, 1.165) is 11.5 Å². The van der Waals surface area contributed by atoms with Crippen LogP contribution in [0.3, 0.4) is 0 Å². The molecule has 2 nitrogen and oxygen atoms in total. The van der Waals surface area contributed by atoms with Crippen LogP contribution in [0.25, 0.3) is 11.1 Å². The van der Waals surface area contributed by atoms with Gasteiger partial charge in [0, 0.05) is 17.4 Å². The minimum atomic E-state index is 0.927. The minimum absolute atomic E-state index is 0.927. The summed E-state index contributed by atoms with van der Waals surface area (Å²) in [6, 6.07) is 12.3. The maximum atomic E-state index is 4.20. The molecule has 2 bridgehead atoms. The van der Waals surface area contributed by atoms with Crippen molar-refractivity contribution >= 4 is 11.5 Å². The first-order valence-electron chi connectivity index (χ1n) is 4.26. The van der Waals surface area contributed by atoms with Crippen LogP contribution in [-0.4, -0.2) is 4.98 Å². The summed E-state index contributed by atoms with van der Waals surface area (Å²) in [6.07, 6.45) is 1.83. The summed E-state index contributed by atoms with van der Waals surface area (Å²) in [7, 11) is 0. The summed E-state index contributed by atoms with van der Waals surface area (Å²) >= 11 is 0. The highest BCUT2D eigenvalue weighted by atomic mass is 15.0. The van der Waals surface area contributed by atoms with E-state index >= 15 is 0 Å². The third-order valence-electron chi connectivity index (χ3n) is 2.26. The monoisotopic (exact) mass is 168 g/mol. The van der Waals surface area contributed by atoms with Gasteiger partial charge in [0.2, 0.25) is 0 Å². The maximum Gasteiger partial charge on any atom is 0.130 e. The molecular weight excluding hydrogens is 160 g/mol. The van der Waals surface area contributed by atoms with Crippen molar-refractivity contribution in [3.8, 4) is 11.1 Å². The number of aromatic nitrogens is 1. The molecule has 13 heavy (non-hydrogen) atoms. The van der Waals surface area contributed by atoms with Gasteiger partial charge in [-0.2, -0.15) is 0 Å². The normalized spacial score (nSPS) is 11.7. The van der Waals surface area contributed by atoms with Crippen molar-refractivity contribution in [2.45, 2.75) is 0 Å². The van der Waals surface area contributed by atoms with E-state index in [1.54, 1.807) is 0 Å². The van der Waals surface area contributed by atoms with E-state index in [0.29, 0.717) is 0 Å². The average molecular weight is 168 g/mol. The topological polar surface area (TPSA) is 24.9 Å². The predicted molar refractivity (Wildman–Crippen MR) is 53.0 cm³/mol. The number of para-hydroxylation sites is 1. The van der Waals surface area contributed by atoms with Crippen LogP contribution in [0, 0.1) is 0 Å². The average Bonchev–Trinajstić information content (AvgIpc) is 2.18. The van der Waals surface area contributed by atoms with Crippen molar-refractivity contribution in [2.75, 3.05) is 5.32 Å². The van der Waals surface area contributed by atoms with Crippen LogP contribution in [0.15, 0.2) is 42.6 Å². The first-order chi connectivity index (χ1) is 6.43. The molecule has 0 saturated carbocycles. The lowest BCUT2D eigenvalue weighted by molar-refractivity contribution is 1.29. The van der Waals surface area contributed by atoms with Gasteiger partial charge >= 0.3 is 0 Å². The number of rotatable bonds is 0. The molecule has 0 unspecified atom stereocenters. The van der Waals surface area contributed by atoms with Gasteiger partial charge in [0.25, 0.3) is 0 Å². The second-order valence-electron chi connectivity index (χ2n) is 3.10. The summed E-state index contributed by atoms with van der Waals surface area (Å²) < 4.78 is 0. The number of hydrogen-bond donors (Lipinski definition) is 1. The Morgan fingerprint density at radius 1 is 1.08 bits per heavy atom. The van der Waals surface area contributed by atoms with Gasteiger partial charge in [-0.3, -0.25) is 0 Å². The SMILES string of the molecule is c1ccc2c(c1)Nc1cc-2ccn1. The molecule has 0 amide bonds.